The van der Waals surface area contributed by atoms with Crippen molar-refractivity contribution in [2.24, 2.45) is 33.5 Å². The Balaban J connectivity index is 1.24. The molecule has 4 rings (SSSR count). The number of aliphatic imine (C=N–C) groups is 2. The van der Waals surface area contributed by atoms with Gasteiger partial charge in [-0.15, -0.1) is 0 Å². The Labute approximate surface area is 221 Å². The number of unbranched alkanes of at least 4 members (excludes halogenated alkanes) is 1. The minimum Gasteiger partial charge on any atom is -0.481 e. The van der Waals surface area contributed by atoms with E-state index in [1.807, 2.05) is 11.8 Å². The van der Waals surface area contributed by atoms with Gasteiger partial charge in [-0.25, -0.2) is 4.99 Å². The molecule has 11 heteroatoms. The number of carboxylic acid groups (broad SMARTS) is 1. The molecule has 0 radical (unpaired) electrons. The Hall–Kier alpha value is -4.02. The van der Waals surface area contributed by atoms with Crippen molar-refractivity contribution in [3.05, 3.63) is 41.6 Å². The molecule has 3 aliphatic rings. The summed E-state index contributed by atoms with van der Waals surface area (Å²) in [6.45, 7) is 5.09. The zero-order chi connectivity index (χ0) is 27.4. The van der Waals surface area contributed by atoms with Crippen LogP contribution in [0.25, 0.3) is 0 Å². The first-order chi connectivity index (χ1) is 18.1. The Morgan fingerprint density at radius 3 is 2.61 bits per heavy atom. The predicted octanol–water partition coefficient (Wildman–Crippen LogP) is 2.16. The predicted molar refractivity (Wildman–Crippen MR) is 143 cm³/mol. The number of likely N-dealkylation sites (tertiary alicyclic amines) is 1. The largest absolute Gasteiger partial charge is 0.481 e. The third kappa shape index (κ3) is 6.09. The number of benzene rings is 1. The highest BCUT2D eigenvalue weighted by atomic mass is 16.4. The fraction of sp³-hybridized carbons (Fsp3) is 0.481. The van der Waals surface area contributed by atoms with Gasteiger partial charge < -0.3 is 21.1 Å². The van der Waals surface area contributed by atoms with Crippen molar-refractivity contribution in [2.75, 3.05) is 18.4 Å². The number of ketones is 1. The number of nitrogens with one attached hydrogen (secondary N) is 2. The molecular weight excluding hydrogens is 488 g/mol. The summed E-state index contributed by atoms with van der Waals surface area (Å²) in [4.78, 5) is 59.0. The number of carbonyl (C=O) groups is 4. The van der Waals surface area contributed by atoms with Gasteiger partial charge in [0.15, 0.2) is 5.78 Å². The van der Waals surface area contributed by atoms with Gasteiger partial charge in [0.2, 0.25) is 17.8 Å². The molecule has 1 aromatic rings. The van der Waals surface area contributed by atoms with Gasteiger partial charge in [0, 0.05) is 49.4 Å². The smallest absolute Gasteiger partial charge is 0.306 e. The normalized spacial score (nSPS) is 23.3. The summed E-state index contributed by atoms with van der Waals surface area (Å²) in [6, 6.07) is 7.01. The molecule has 3 unspecified atom stereocenters. The van der Waals surface area contributed by atoms with Gasteiger partial charge in [0.25, 0.3) is 0 Å². The van der Waals surface area contributed by atoms with Gasteiger partial charge in [-0.1, -0.05) is 13.3 Å². The second-order valence-corrected chi connectivity index (χ2v) is 10.2. The van der Waals surface area contributed by atoms with Gasteiger partial charge in [-0.3, -0.25) is 24.5 Å². The summed E-state index contributed by atoms with van der Waals surface area (Å²) >= 11 is 0. The molecule has 1 fully saturated rings. The minimum atomic E-state index is -0.986. The Kier molecular flexibility index (Phi) is 8.23. The van der Waals surface area contributed by atoms with Crippen LogP contribution in [0.2, 0.25) is 0 Å². The van der Waals surface area contributed by atoms with Crippen LogP contribution in [0.4, 0.5) is 5.69 Å². The van der Waals surface area contributed by atoms with E-state index in [1.54, 1.807) is 30.5 Å². The monoisotopic (exact) mass is 522 g/mol. The lowest BCUT2D eigenvalue weighted by atomic mass is 9.93. The Morgan fingerprint density at radius 1 is 1.21 bits per heavy atom. The number of amidine groups is 1. The molecule has 2 amide bonds. The average Bonchev–Trinajstić information content (AvgIpc) is 3.39. The van der Waals surface area contributed by atoms with Gasteiger partial charge in [-0.2, -0.15) is 4.99 Å². The summed E-state index contributed by atoms with van der Waals surface area (Å²) in [5.41, 5.74) is 7.50. The molecule has 4 atom stereocenters. The second-order valence-electron chi connectivity index (χ2n) is 10.2. The Morgan fingerprint density at radius 2 is 1.95 bits per heavy atom. The molecule has 0 aromatic heterocycles. The topological polar surface area (TPSA) is 167 Å². The minimum absolute atomic E-state index is 0.0286. The van der Waals surface area contributed by atoms with E-state index in [9.17, 15) is 24.3 Å². The fourth-order valence-electron chi connectivity index (χ4n) is 5.07. The molecule has 0 saturated carbocycles. The standard InChI is InChI=1S/C27H34N6O5/c1-15-11-22(35)33(16(15)2)10-4-3-5-18(26(37)38)12-21(34)17-6-8-20(9-7-17)29-13-19-14-30-24-23(19)25(36)32-27(28)31-24/h6-9,14-16,18,23,29H,3-5,10-13H2,1-2H3,(H,37,38)(H3,28,30,31,32,36)/t15?,16?,18-,23?/m1/s1. The number of amides is 2. The quantitative estimate of drug-likeness (QED) is 0.241. The molecule has 0 spiro atoms. The van der Waals surface area contributed by atoms with Crippen LogP contribution in [0, 0.1) is 17.8 Å². The number of nitrogens with zero attached hydrogens (tertiary/aromatic N) is 3. The van der Waals surface area contributed by atoms with Crippen LogP contribution in [0.3, 0.4) is 0 Å². The number of guanidine groups is 1. The summed E-state index contributed by atoms with van der Waals surface area (Å²) in [5.74, 6) is -1.95. The van der Waals surface area contributed by atoms with Crippen LogP contribution in [-0.2, 0) is 14.4 Å². The van der Waals surface area contributed by atoms with Crippen LogP contribution >= 0.6 is 0 Å². The first-order valence-electron chi connectivity index (χ1n) is 12.9. The Bertz CT molecular complexity index is 1200. The van der Waals surface area contributed by atoms with Crippen molar-refractivity contribution in [1.29, 1.82) is 0 Å². The maximum Gasteiger partial charge on any atom is 0.306 e. The highest BCUT2D eigenvalue weighted by Gasteiger charge is 2.35. The maximum atomic E-state index is 12.8. The van der Waals surface area contributed by atoms with Gasteiger partial charge in [0.05, 0.1) is 5.92 Å². The molecule has 11 nitrogen and oxygen atoms in total. The number of anilines is 1. The summed E-state index contributed by atoms with van der Waals surface area (Å²) in [5, 5.41) is 15.4. The van der Waals surface area contributed by atoms with Crippen LogP contribution < -0.4 is 16.4 Å². The van der Waals surface area contributed by atoms with Crippen LogP contribution in [-0.4, -0.2) is 64.5 Å². The van der Waals surface area contributed by atoms with Crippen molar-refractivity contribution in [1.82, 2.24) is 10.2 Å². The number of carboxylic acids is 1. The second kappa shape index (κ2) is 11.6. The number of Topliss-reactive ketones (excluding diaryl/α,β-unsaturated/α-hetero) is 1. The lowest BCUT2D eigenvalue weighted by molar-refractivity contribution is -0.142. The lowest BCUT2D eigenvalue weighted by Crippen LogP contribution is -2.47. The van der Waals surface area contributed by atoms with E-state index in [1.165, 1.54) is 0 Å². The van der Waals surface area contributed by atoms with E-state index < -0.39 is 17.8 Å². The average molecular weight is 523 g/mol. The van der Waals surface area contributed by atoms with Crippen molar-refractivity contribution < 1.29 is 24.3 Å². The third-order valence-electron chi connectivity index (χ3n) is 7.56. The van der Waals surface area contributed by atoms with Gasteiger partial charge in [-0.05, 0) is 55.5 Å². The number of rotatable bonds is 12. The highest BCUT2D eigenvalue weighted by molar-refractivity contribution is 6.19. The van der Waals surface area contributed by atoms with E-state index >= 15 is 0 Å². The highest BCUT2D eigenvalue weighted by Crippen LogP contribution is 2.26. The van der Waals surface area contributed by atoms with E-state index in [0.717, 1.165) is 11.3 Å². The van der Waals surface area contributed by atoms with Crippen LogP contribution in [0.15, 0.2) is 46.0 Å². The molecule has 5 N–H and O–H groups in total. The molecular formula is C27H34N6O5. The molecule has 1 aromatic carbocycles. The van der Waals surface area contributed by atoms with Crippen molar-refractivity contribution in [3.8, 4) is 0 Å². The molecule has 0 aliphatic carbocycles. The molecule has 3 heterocycles. The first-order valence-corrected chi connectivity index (χ1v) is 12.9. The zero-order valence-electron chi connectivity index (χ0n) is 21.6. The van der Waals surface area contributed by atoms with Gasteiger partial charge in [0.1, 0.15) is 11.8 Å². The number of carbonyl (C=O) groups excluding carboxylic acids is 3. The third-order valence-corrected chi connectivity index (χ3v) is 7.56. The molecule has 3 aliphatic heterocycles. The molecule has 1 saturated heterocycles. The van der Waals surface area contributed by atoms with E-state index in [4.69, 9.17) is 5.73 Å². The van der Waals surface area contributed by atoms with Crippen molar-refractivity contribution in [2.45, 2.75) is 52.0 Å². The molecule has 0 bridgehead atoms. The van der Waals surface area contributed by atoms with Crippen LogP contribution in [0.5, 0.6) is 0 Å². The maximum absolute atomic E-state index is 12.8. The van der Waals surface area contributed by atoms with Crippen molar-refractivity contribution in [3.63, 3.8) is 0 Å². The number of fused-ring (bicyclic) bond motifs is 1. The first kappa shape index (κ1) is 27.0. The van der Waals surface area contributed by atoms with Gasteiger partial charge >= 0.3 is 5.97 Å². The lowest BCUT2D eigenvalue weighted by Gasteiger charge is -2.23. The number of nitrogens with two attached hydrogens (primary N) is 1. The summed E-state index contributed by atoms with van der Waals surface area (Å²) < 4.78 is 0. The zero-order valence-corrected chi connectivity index (χ0v) is 21.6. The summed E-state index contributed by atoms with van der Waals surface area (Å²) in [7, 11) is 0. The summed E-state index contributed by atoms with van der Waals surface area (Å²) in [6.07, 6.45) is 3.82. The number of hydrogen-bond acceptors (Lipinski definition) is 8. The fourth-order valence-corrected chi connectivity index (χ4v) is 5.07. The number of hydrogen-bond donors (Lipinski definition) is 4. The molecule has 38 heavy (non-hydrogen) atoms. The van der Waals surface area contributed by atoms with E-state index in [-0.39, 0.29) is 36.0 Å². The van der Waals surface area contributed by atoms with Crippen molar-refractivity contribution >= 4 is 41.0 Å². The van der Waals surface area contributed by atoms with E-state index in [2.05, 4.69) is 27.5 Å². The van der Waals surface area contributed by atoms with E-state index in [0.29, 0.717) is 56.1 Å². The SMILES string of the molecule is CC1CC(=O)N(CCCC[C@H](CC(=O)c2ccc(NCC3=CN=C4N=C(N)NC(=O)C34)cc2)C(=O)O)C1C. The number of aliphatic carboxylic acids is 1. The molecule has 202 valence electrons. The van der Waals surface area contributed by atoms with Crippen LogP contribution in [0.1, 0.15) is 56.3 Å².